The number of nitrogens with one attached hydrogen (secondary N) is 1. The van der Waals surface area contributed by atoms with Gasteiger partial charge in [-0.2, -0.15) is 0 Å². The predicted octanol–water partition coefficient (Wildman–Crippen LogP) is 0.696. The smallest absolute Gasteiger partial charge is 0.133 e. The monoisotopic (exact) mass is 194 g/mol. The minimum Gasteiger partial charge on any atom is -0.317 e. The van der Waals surface area contributed by atoms with Crippen molar-refractivity contribution in [2.45, 2.75) is 26.8 Å². The van der Waals surface area contributed by atoms with Gasteiger partial charge in [-0.1, -0.05) is 13.8 Å². The highest BCUT2D eigenvalue weighted by atomic mass is 15.3. The largest absolute Gasteiger partial charge is 0.317 e. The molecule has 1 fully saturated rings. The Balaban J connectivity index is 1.97. The van der Waals surface area contributed by atoms with E-state index in [0.717, 1.165) is 37.8 Å². The van der Waals surface area contributed by atoms with E-state index in [1.165, 1.54) is 0 Å². The average molecular weight is 194 g/mol. The molecule has 2 heterocycles. The van der Waals surface area contributed by atoms with E-state index in [2.05, 4.69) is 33.9 Å². The molecule has 0 saturated carbocycles. The summed E-state index contributed by atoms with van der Waals surface area (Å²) in [7, 11) is 0. The standard InChI is InChI=1S/C10H18N4/c1-8(2)6-14-7-12-13-10(14)3-9-4-11-5-9/h7-9,11H,3-6H2,1-2H3. The van der Waals surface area contributed by atoms with Crippen molar-refractivity contribution in [2.24, 2.45) is 11.8 Å². The summed E-state index contributed by atoms with van der Waals surface area (Å²) in [4.78, 5) is 0. The fourth-order valence-electron chi connectivity index (χ4n) is 1.73. The summed E-state index contributed by atoms with van der Waals surface area (Å²) in [5.41, 5.74) is 0. The average Bonchev–Trinajstić information content (AvgIpc) is 2.44. The van der Waals surface area contributed by atoms with E-state index in [1.807, 2.05) is 6.33 Å². The van der Waals surface area contributed by atoms with Gasteiger partial charge in [0.15, 0.2) is 0 Å². The normalized spacial score (nSPS) is 17.4. The van der Waals surface area contributed by atoms with Gasteiger partial charge in [0.05, 0.1) is 0 Å². The van der Waals surface area contributed by atoms with E-state index in [0.29, 0.717) is 5.92 Å². The first-order chi connectivity index (χ1) is 6.75. The Labute approximate surface area is 84.7 Å². The topological polar surface area (TPSA) is 42.7 Å². The summed E-state index contributed by atoms with van der Waals surface area (Å²) in [5, 5.41) is 11.4. The van der Waals surface area contributed by atoms with Crippen LogP contribution in [0.2, 0.25) is 0 Å². The fraction of sp³-hybridized carbons (Fsp3) is 0.800. The van der Waals surface area contributed by atoms with Crippen LogP contribution < -0.4 is 5.32 Å². The van der Waals surface area contributed by atoms with Gasteiger partial charge in [0.1, 0.15) is 12.2 Å². The first-order valence-electron chi connectivity index (χ1n) is 5.33. The molecule has 2 rings (SSSR count). The summed E-state index contributed by atoms with van der Waals surface area (Å²) >= 11 is 0. The molecule has 1 aliphatic rings. The Morgan fingerprint density at radius 3 is 2.93 bits per heavy atom. The summed E-state index contributed by atoms with van der Waals surface area (Å²) in [5.74, 6) is 2.57. The quantitative estimate of drug-likeness (QED) is 0.767. The zero-order chi connectivity index (χ0) is 9.97. The van der Waals surface area contributed by atoms with Crippen LogP contribution in [0.1, 0.15) is 19.7 Å². The third-order valence-corrected chi connectivity index (χ3v) is 2.59. The predicted molar refractivity (Wildman–Crippen MR) is 54.9 cm³/mol. The molecule has 78 valence electrons. The van der Waals surface area contributed by atoms with Gasteiger partial charge in [-0.15, -0.1) is 10.2 Å². The number of rotatable bonds is 4. The van der Waals surface area contributed by atoms with Crippen LogP contribution in [0.4, 0.5) is 0 Å². The van der Waals surface area contributed by atoms with Gasteiger partial charge >= 0.3 is 0 Å². The highest BCUT2D eigenvalue weighted by Crippen LogP contribution is 2.11. The Morgan fingerprint density at radius 2 is 2.36 bits per heavy atom. The van der Waals surface area contributed by atoms with Crippen molar-refractivity contribution in [3.63, 3.8) is 0 Å². The van der Waals surface area contributed by atoms with Gasteiger partial charge in [0.25, 0.3) is 0 Å². The zero-order valence-corrected chi connectivity index (χ0v) is 8.90. The van der Waals surface area contributed by atoms with Crippen molar-refractivity contribution in [1.82, 2.24) is 20.1 Å². The van der Waals surface area contributed by atoms with E-state index >= 15 is 0 Å². The zero-order valence-electron chi connectivity index (χ0n) is 8.90. The van der Waals surface area contributed by atoms with E-state index in [4.69, 9.17) is 0 Å². The number of hydrogen-bond acceptors (Lipinski definition) is 3. The molecule has 4 nitrogen and oxygen atoms in total. The molecule has 0 bridgehead atoms. The molecule has 0 aromatic carbocycles. The van der Waals surface area contributed by atoms with Gasteiger partial charge in [-0.3, -0.25) is 0 Å². The lowest BCUT2D eigenvalue weighted by Gasteiger charge is -2.26. The molecule has 4 heteroatoms. The summed E-state index contributed by atoms with van der Waals surface area (Å²) in [6.07, 6.45) is 2.92. The van der Waals surface area contributed by atoms with Crippen molar-refractivity contribution in [3.05, 3.63) is 12.2 Å². The third kappa shape index (κ3) is 2.12. The van der Waals surface area contributed by atoms with E-state index < -0.39 is 0 Å². The molecule has 1 N–H and O–H groups in total. The van der Waals surface area contributed by atoms with Gasteiger partial charge in [0.2, 0.25) is 0 Å². The van der Waals surface area contributed by atoms with Gasteiger partial charge in [0, 0.05) is 13.0 Å². The molecule has 0 aliphatic carbocycles. The van der Waals surface area contributed by atoms with E-state index in [9.17, 15) is 0 Å². The Bertz CT molecular complexity index is 288. The molecule has 1 aliphatic heterocycles. The van der Waals surface area contributed by atoms with Gasteiger partial charge in [-0.05, 0) is 24.9 Å². The second-order valence-electron chi connectivity index (χ2n) is 4.52. The molecule has 1 aromatic heterocycles. The number of aromatic nitrogens is 3. The van der Waals surface area contributed by atoms with Crippen LogP contribution in [0.25, 0.3) is 0 Å². The maximum Gasteiger partial charge on any atom is 0.133 e. The van der Waals surface area contributed by atoms with Crippen molar-refractivity contribution in [2.75, 3.05) is 13.1 Å². The molecule has 0 unspecified atom stereocenters. The molecular formula is C10H18N4. The lowest BCUT2D eigenvalue weighted by atomic mass is 9.99. The third-order valence-electron chi connectivity index (χ3n) is 2.59. The Kier molecular flexibility index (Phi) is 2.82. The minimum atomic E-state index is 0.657. The summed E-state index contributed by atoms with van der Waals surface area (Å²) in [6, 6.07) is 0. The first kappa shape index (κ1) is 9.65. The molecule has 14 heavy (non-hydrogen) atoms. The van der Waals surface area contributed by atoms with Crippen LogP contribution in [0.3, 0.4) is 0 Å². The first-order valence-corrected chi connectivity index (χ1v) is 5.33. The second kappa shape index (κ2) is 4.09. The van der Waals surface area contributed by atoms with Crippen LogP contribution >= 0.6 is 0 Å². The maximum atomic E-state index is 4.18. The van der Waals surface area contributed by atoms with E-state index in [-0.39, 0.29) is 0 Å². The highest BCUT2D eigenvalue weighted by Gasteiger charge is 2.19. The lowest BCUT2D eigenvalue weighted by molar-refractivity contribution is 0.334. The van der Waals surface area contributed by atoms with E-state index in [1.54, 1.807) is 0 Å². The number of nitrogens with zero attached hydrogens (tertiary/aromatic N) is 3. The molecule has 0 amide bonds. The molecule has 0 atom stereocenters. The summed E-state index contributed by atoms with van der Waals surface area (Å²) < 4.78 is 2.18. The van der Waals surface area contributed by atoms with Crippen LogP contribution in [-0.4, -0.2) is 27.9 Å². The Morgan fingerprint density at radius 1 is 1.57 bits per heavy atom. The minimum absolute atomic E-state index is 0.657. The SMILES string of the molecule is CC(C)Cn1cnnc1CC1CNC1. The van der Waals surface area contributed by atoms with Crippen molar-refractivity contribution >= 4 is 0 Å². The molecule has 1 saturated heterocycles. The van der Waals surface area contributed by atoms with Crippen LogP contribution in [0.5, 0.6) is 0 Å². The van der Waals surface area contributed by atoms with Gasteiger partial charge in [-0.25, -0.2) is 0 Å². The molecule has 1 aromatic rings. The summed E-state index contributed by atoms with van der Waals surface area (Å²) in [6.45, 7) is 7.73. The van der Waals surface area contributed by atoms with Crippen molar-refractivity contribution in [1.29, 1.82) is 0 Å². The highest BCUT2D eigenvalue weighted by molar-refractivity contribution is 4.92. The fourth-order valence-corrected chi connectivity index (χ4v) is 1.73. The molecular weight excluding hydrogens is 176 g/mol. The molecule has 0 radical (unpaired) electrons. The molecule has 0 spiro atoms. The number of hydrogen-bond donors (Lipinski definition) is 1. The second-order valence-corrected chi connectivity index (χ2v) is 4.52. The van der Waals surface area contributed by atoms with Crippen molar-refractivity contribution < 1.29 is 0 Å². The maximum absolute atomic E-state index is 4.18. The van der Waals surface area contributed by atoms with Crippen LogP contribution in [-0.2, 0) is 13.0 Å². The van der Waals surface area contributed by atoms with Crippen LogP contribution in [0, 0.1) is 11.8 Å². The Hall–Kier alpha value is -0.900. The van der Waals surface area contributed by atoms with Gasteiger partial charge < -0.3 is 9.88 Å². The van der Waals surface area contributed by atoms with Crippen molar-refractivity contribution in [3.8, 4) is 0 Å². The lowest BCUT2D eigenvalue weighted by Crippen LogP contribution is -2.43. The van der Waals surface area contributed by atoms with Crippen LogP contribution in [0.15, 0.2) is 6.33 Å².